The van der Waals surface area contributed by atoms with Crippen molar-refractivity contribution >= 4 is 11.6 Å². The molecule has 0 saturated heterocycles. The van der Waals surface area contributed by atoms with Crippen LogP contribution in [0.1, 0.15) is 16.1 Å². The number of hydrogen-bond donors (Lipinski definition) is 2. The molecule has 0 atom stereocenters. The van der Waals surface area contributed by atoms with Crippen LogP contribution in [0.15, 0.2) is 47.3 Å². The van der Waals surface area contributed by atoms with Crippen LogP contribution >= 0.6 is 0 Å². The molecule has 0 bridgehead atoms. The minimum absolute atomic E-state index is 0.254. The van der Waals surface area contributed by atoms with Gasteiger partial charge in [-0.25, -0.2) is 0 Å². The summed E-state index contributed by atoms with van der Waals surface area (Å²) >= 11 is 0. The van der Waals surface area contributed by atoms with Crippen LogP contribution in [0, 0.1) is 6.92 Å². The predicted molar refractivity (Wildman–Crippen MR) is 66.2 cm³/mol. The summed E-state index contributed by atoms with van der Waals surface area (Å²) in [7, 11) is 0. The van der Waals surface area contributed by atoms with Gasteiger partial charge in [-0.2, -0.15) is 0 Å². The fraction of sp³-hybridized carbons (Fsp3) is 0.0769. The van der Waals surface area contributed by atoms with Gasteiger partial charge in [0.25, 0.3) is 11.5 Å². The Labute approximate surface area is 98.3 Å². The molecule has 0 spiro atoms. The Morgan fingerprint density at radius 2 is 1.82 bits per heavy atom. The van der Waals surface area contributed by atoms with Gasteiger partial charge in [0.1, 0.15) is 5.69 Å². The maximum atomic E-state index is 11.8. The number of carbonyl (C=O) groups excluding carboxylic acids is 1. The van der Waals surface area contributed by atoms with Gasteiger partial charge in [0.15, 0.2) is 0 Å². The summed E-state index contributed by atoms with van der Waals surface area (Å²) in [5, 5.41) is 2.57. The lowest BCUT2D eigenvalue weighted by molar-refractivity contribution is 0.102. The first-order valence-electron chi connectivity index (χ1n) is 5.23. The number of aromatic amines is 1. The molecule has 4 nitrogen and oxygen atoms in total. The second kappa shape index (κ2) is 4.65. The van der Waals surface area contributed by atoms with Gasteiger partial charge in [0.2, 0.25) is 0 Å². The average molecular weight is 228 g/mol. The highest BCUT2D eigenvalue weighted by Gasteiger charge is 2.07. The van der Waals surface area contributed by atoms with Gasteiger partial charge in [0, 0.05) is 11.3 Å². The zero-order valence-corrected chi connectivity index (χ0v) is 9.36. The highest BCUT2D eigenvalue weighted by Crippen LogP contribution is 2.04. The molecule has 0 aliphatic carbocycles. The van der Waals surface area contributed by atoms with Crippen molar-refractivity contribution in [2.24, 2.45) is 0 Å². The molecule has 1 heterocycles. The minimum Gasteiger partial charge on any atom is -0.325 e. The first-order chi connectivity index (χ1) is 8.16. The molecular weight excluding hydrogens is 216 g/mol. The van der Waals surface area contributed by atoms with Crippen LogP contribution in [0.5, 0.6) is 0 Å². The Morgan fingerprint density at radius 3 is 2.47 bits per heavy atom. The van der Waals surface area contributed by atoms with E-state index >= 15 is 0 Å². The number of H-pyrrole nitrogens is 1. The number of rotatable bonds is 2. The van der Waals surface area contributed by atoms with Crippen LogP contribution in [0.25, 0.3) is 0 Å². The van der Waals surface area contributed by atoms with E-state index in [1.807, 2.05) is 6.07 Å². The Morgan fingerprint density at radius 1 is 1.12 bits per heavy atom. The molecular formula is C13H12N2O2. The molecule has 2 N–H and O–H groups in total. The van der Waals surface area contributed by atoms with E-state index in [0.29, 0.717) is 5.56 Å². The molecule has 2 aromatic rings. The third-order valence-electron chi connectivity index (χ3n) is 2.34. The summed E-state index contributed by atoms with van der Waals surface area (Å²) in [6.07, 6.45) is 0. The first kappa shape index (κ1) is 11.1. The second-order valence-corrected chi connectivity index (χ2v) is 3.70. The quantitative estimate of drug-likeness (QED) is 0.825. The van der Waals surface area contributed by atoms with Crippen molar-refractivity contribution in [2.45, 2.75) is 6.92 Å². The van der Waals surface area contributed by atoms with Crippen molar-refractivity contribution in [3.8, 4) is 0 Å². The number of anilines is 1. The molecule has 0 radical (unpaired) electrons. The summed E-state index contributed by atoms with van der Waals surface area (Å²) in [5.41, 5.74) is 1.24. The van der Waals surface area contributed by atoms with Crippen molar-refractivity contribution in [2.75, 3.05) is 5.32 Å². The topological polar surface area (TPSA) is 62.0 Å². The van der Waals surface area contributed by atoms with Crippen molar-refractivity contribution in [1.29, 1.82) is 0 Å². The largest absolute Gasteiger partial charge is 0.325 e. The van der Waals surface area contributed by atoms with Gasteiger partial charge in [-0.05, 0) is 31.2 Å². The van der Waals surface area contributed by atoms with Gasteiger partial charge in [-0.3, -0.25) is 9.59 Å². The summed E-state index contributed by atoms with van der Waals surface area (Å²) in [6.45, 7) is 1.78. The van der Waals surface area contributed by atoms with Gasteiger partial charge >= 0.3 is 0 Å². The predicted octanol–water partition coefficient (Wildman–Crippen LogP) is 1.94. The highest BCUT2D eigenvalue weighted by atomic mass is 16.2. The molecule has 0 fully saturated rings. The lowest BCUT2D eigenvalue weighted by Crippen LogP contribution is -2.19. The SMILES string of the molecule is Cc1ccc(NC(=O)c2ccccc2)c(=O)[nH]1. The lowest BCUT2D eigenvalue weighted by atomic mass is 10.2. The monoisotopic (exact) mass is 228 g/mol. The maximum Gasteiger partial charge on any atom is 0.271 e. The molecule has 2 rings (SSSR count). The molecule has 0 aliphatic rings. The average Bonchev–Trinajstić information content (AvgIpc) is 2.34. The number of amides is 1. The van der Waals surface area contributed by atoms with Crippen LogP contribution in [-0.4, -0.2) is 10.9 Å². The summed E-state index contributed by atoms with van der Waals surface area (Å²) in [5.74, 6) is -0.292. The Kier molecular flexibility index (Phi) is 3.05. The van der Waals surface area contributed by atoms with E-state index in [4.69, 9.17) is 0 Å². The van der Waals surface area contributed by atoms with Gasteiger partial charge in [0.05, 0.1) is 0 Å². The summed E-state index contributed by atoms with van der Waals surface area (Å²) in [4.78, 5) is 25.9. The van der Waals surface area contributed by atoms with E-state index in [1.54, 1.807) is 43.3 Å². The van der Waals surface area contributed by atoms with E-state index in [9.17, 15) is 9.59 Å². The molecule has 1 aromatic carbocycles. The normalized spacial score (nSPS) is 9.94. The Balaban J connectivity index is 2.22. The fourth-order valence-electron chi connectivity index (χ4n) is 1.45. The third-order valence-corrected chi connectivity index (χ3v) is 2.34. The number of aryl methyl sites for hydroxylation is 1. The van der Waals surface area contributed by atoms with E-state index < -0.39 is 0 Å². The van der Waals surface area contributed by atoms with E-state index in [-0.39, 0.29) is 17.2 Å². The smallest absolute Gasteiger partial charge is 0.271 e. The van der Waals surface area contributed by atoms with Crippen LogP contribution in [0.3, 0.4) is 0 Å². The molecule has 0 saturated carbocycles. The molecule has 1 aromatic heterocycles. The van der Waals surface area contributed by atoms with E-state index in [2.05, 4.69) is 10.3 Å². The molecule has 0 aliphatic heterocycles. The van der Waals surface area contributed by atoms with E-state index in [1.165, 1.54) is 0 Å². The third kappa shape index (κ3) is 2.60. The standard InChI is InChI=1S/C13H12N2O2/c1-9-7-8-11(13(17)14-9)15-12(16)10-5-3-2-4-6-10/h2-8H,1H3,(H,14,17)(H,15,16). The maximum absolute atomic E-state index is 11.8. The zero-order chi connectivity index (χ0) is 12.3. The summed E-state index contributed by atoms with van der Waals surface area (Å²) < 4.78 is 0. The van der Waals surface area contributed by atoms with Crippen molar-refractivity contribution in [3.05, 3.63) is 64.1 Å². The summed E-state index contributed by atoms with van der Waals surface area (Å²) in [6, 6.07) is 12.1. The van der Waals surface area contributed by atoms with Crippen LogP contribution < -0.4 is 10.9 Å². The van der Waals surface area contributed by atoms with Crippen molar-refractivity contribution in [3.63, 3.8) is 0 Å². The number of pyridine rings is 1. The van der Waals surface area contributed by atoms with Gasteiger partial charge in [-0.1, -0.05) is 18.2 Å². The number of aromatic nitrogens is 1. The first-order valence-corrected chi connectivity index (χ1v) is 5.23. The minimum atomic E-state index is -0.297. The second-order valence-electron chi connectivity index (χ2n) is 3.70. The number of carbonyl (C=O) groups is 1. The lowest BCUT2D eigenvalue weighted by Gasteiger charge is -2.04. The van der Waals surface area contributed by atoms with Gasteiger partial charge < -0.3 is 10.3 Å². The Bertz CT molecular complexity index is 588. The Hall–Kier alpha value is -2.36. The zero-order valence-electron chi connectivity index (χ0n) is 9.36. The van der Waals surface area contributed by atoms with Crippen molar-refractivity contribution in [1.82, 2.24) is 4.98 Å². The van der Waals surface area contributed by atoms with Crippen molar-refractivity contribution < 1.29 is 4.79 Å². The van der Waals surface area contributed by atoms with Gasteiger partial charge in [-0.15, -0.1) is 0 Å². The van der Waals surface area contributed by atoms with Crippen LogP contribution in [0.2, 0.25) is 0 Å². The molecule has 0 unspecified atom stereocenters. The fourth-order valence-corrected chi connectivity index (χ4v) is 1.45. The molecule has 86 valence electrons. The number of nitrogens with one attached hydrogen (secondary N) is 2. The van der Waals surface area contributed by atoms with Crippen LogP contribution in [-0.2, 0) is 0 Å². The number of benzene rings is 1. The molecule has 17 heavy (non-hydrogen) atoms. The van der Waals surface area contributed by atoms with E-state index in [0.717, 1.165) is 5.69 Å². The molecule has 1 amide bonds. The highest BCUT2D eigenvalue weighted by molar-refractivity contribution is 6.04. The molecule has 4 heteroatoms. The number of hydrogen-bond acceptors (Lipinski definition) is 2. The van der Waals surface area contributed by atoms with Crippen LogP contribution in [0.4, 0.5) is 5.69 Å².